The summed E-state index contributed by atoms with van der Waals surface area (Å²) in [5, 5.41) is 11.0. The Labute approximate surface area is 118 Å². The minimum atomic E-state index is 0.738. The van der Waals surface area contributed by atoms with Crippen LogP contribution in [-0.4, -0.2) is 11.4 Å². The average Bonchev–Trinajstić information content (AvgIpc) is 2.92. The number of aryl methyl sites for hydroxylation is 1. The van der Waals surface area contributed by atoms with Gasteiger partial charge in [-0.15, -0.1) is 11.3 Å². The van der Waals surface area contributed by atoms with Gasteiger partial charge in [0.1, 0.15) is 0 Å². The predicted octanol–water partition coefficient (Wildman–Crippen LogP) is 3.95. The van der Waals surface area contributed by atoms with E-state index in [0.29, 0.717) is 0 Å². The summed E-state index contributed by atoms with van der Waals surface area (Å²) >= 11 is 1.80. The Kier molecular flexibility index (Phi) is 4.73. The largest absolute Gasteiger partial charge is 0.294 e. The van der Waals surface area contributed by atoms with Crippen LogP contribution in [0.4, 0.5) is 0 Å². The lowest BCUT2D eigenvalue weighted by molar-refractivity contribution is 0.273. The first-order chi connectivity index (χ1) is 9.22. The molecule has 19 heavy (non-hydrogen) atoms. The van der Waals surface area contributed by atoms with Gasteiger partial charge in [0, 0.05) is 18.0 Å². The SMILES string of the molecule is CCN(Cc1cccs1)Cc1ccc(C#N)cc1C. The van der Waals surface area contributed by atoms with Gasteiger partial charge in [-0.2, -0.15) is 5.26 Å². The molecule has 0 spiro atoms. The fourth-order valence-electron chi connectivity index (χ4n) is 2.09. The van der Waals surface area contributed by atoms with E-state index < -0.39 is 0 Å². The van der Waals surface area contributed by atoms with E-state index >= 15 is 0 Å². The van der Waals surface area contributed by atoms with Crippen molar-refractivity contribution in [2.75, 3.05) is 6.54 Å². The standard InChI is InChI=1S/C16H18N2S/c1-3-18(12-16-5-4-8-19-16)11-15-7-6-14(10-17)9-13(15)2/h4-9H,3,11-12H2,1-2H3. The first kappa shape index (κ1) is 13.8. The van der Waals surface area contributed by atoms with Crippen molar-refractivity contribution in [2.45, 2.75) is 26.9 Å². The molecule has 0 saturated heterocycles. The molecule has 0 radical (unpaired) electrons. The van der Waals surface area contributed by atoms with Crippen LogP contribution in [0.3, 0.4) is 0 Å². The second-order valence-corrected chi connectivity index (χ2v) is 5.67. The van der Waals surface area contributed by atoms with Gasteiger partial charge >= 0.3 is 0 Å². The summed E-state index contributed by atoms with van der Waals surface area (Å²) in [7, 11) is 0. The minimum Gasteiger partial charge on any atom is -0.294 e. The van der Waals surface area contributed by atoms with Gasteiger partial charge < -0.3 is 0 Å². The zero-order chi connectivity index (χ0) is 13.7. The second-order valence-electron chi connectivity index (χ2n) is 4.64. The summed E-state index contributed by atoms with van der Waals surface area (Å²) in [6.45, 7) is 7.22. The van der Waals surface area contributed by atoms with Gasteiger partial charge in [-0.1, -0.05) is 19.1 Å². The molecule has 0 aliphatic heterocycles. The maximum Gasteiger partial charge on any atom is 0.0991 e. The molecule has 1 heterocycles. The minimum absolute atomic E-state index is 0.738. The van der Waals surface area contributed by atoms with Gasteiger partial charge in [0.05, 0.1) is 11.6 Å². The highest BCUT2D eigenvalue weighted by Crippen LogP contribution is 2.17. The van der Waals surface area contributed by atoms with E-state index in [0.717, 1.165) is 25.2 Å². The van der Waals surface area contributed by atoms with Gasteiger partial charge in [0.2, 0.25) is 0 Å². The topological polar surface area (TPSA) is 27.0 Å². The highest BCUT2D eigenvalue weighted by molar-refractivity contribution is 7.09. The van der Waals surface area contributed by atoms with E-state index in [1.165, 1.54) is 16.0 Å². The van der Waals surface area contributed by atoms with E-state index in [1.54, 1.807) is 11.3 Å². The third kappa shape index (κ3) is 3.66. The molecular formula is C16H18N2S. The first-order valence-corrected chi connectivity index (χ1v) is 7.35. The maximum absolute atomic E-state index is 8.89. The summed E-state index contributed by atoms with van der Waals surface area (Å²) in [5.74, 6) is 0. The lowest BCUT2D eigenvalue weighted by Crippen LogP contribution is -2.22. The quantitative estimate of drug-likeness (QED) is 0.822. The molecule has 2 nitrogen and oxygen atoms in total. The van der Waals surface area contributed by atoms with E-state index in [-0.39, 0.29) is 0 Å². The Morgan fingerprint density at radius 1 is 1.26 bits per heavy atom. The molecule has 1 aromatic carbocycles. The molecule has 0 fully saturated rings. The van der Waals surface area contributed by atoms with E-state index in [1.807, 2.05) is 12.1 Å². The zero-order valence-corrected chi connectivity index (χ0v) is 12.2. The molecule has 0 aliphatic carbocycles. The number of benzene rings is 1. The number of hydrogen-bond acceptors (Lipinski definition) is 3. The van der Waals surface area contributed by atoms with Gasteiger partial charge in [0.15, 0.2) is 0 Å². The molecule has 0 atom stereocenters. The molecule has 2 aromatic rings. The van der Waals surface area contributed by atoms with Crippen molar-refractivity contribution in [1.29, 1.82) is 5.26 Å². The smallest absolute Gasteiger partial charge is 0.0991 e. The van der Waals surface area contributed by atoms with Crippen molar-refractivity contribution in [3.63, 3.8) is 0 Å². The van der Waals surface area contributed by atoms with E-state index in [9.17, 15) is 0 Å². The summed E-state index contributed by atoms with van der Waals surface area (Å²) < 4.78 is 0. The van der Waals surface area contributed by atoms with Gasteiger partial charge in [-0.25, -0.2) is 0 Å². The predicted molar refractivity (Wildman–Crippen MR) is 80.0 cm³/mol. The number of hydrogen-bond donors (Lipinski definition) is 0. The lowest BCUT2D eigenvalue weighted by Gasteiger charge is -2.20. The summed E-state index contributed by atoms with van der Waals surface area (Å²) in [4.78, 5) is 3.81. The Bertz CT molecular complexity index is 567. The first-order valence-electron chi connectivity index (χ1n) is 6.47. The molecule has 0 aliphatic rings. The third-order valence-corrected chi connectivity index (χ3v) is 4.13. The van der Waals surface area contributed by atoms with Crippen molar-refractivity contribution in [2.24, 2.45) is 0 Å². The van der Waals surface area contributed by atoms with Crippen molar-refractivity contribution >= 4 is 11.3 Å². The lowest BCUT2D eigenvalue weighted by atomic mass is 10.1. The Morgan fingerprint density at radius 3 is 2.68 bits per heavy atom. The fraction of sp³-hybridized carbons (Fsp3) is 0.312. The summed E-state index contributed by atoms with van der Waals surface area (Å²) in [6, 6.07) is 12.4. The van der Waals surface area contributed by atoms with Crippen LogP contribution < -0.4 is 0 Å². The molecule has 0 bridgehead atoms. The summed E-state index contributed by atoms with van der Waals surface area (Å²) in [5.41, 5.74) is 3.24. The molecular weight excluding hydrogens is 252 g/mol. The van der Waals surface area contributed by atoms with Crippen LogP contribution in [0.15, 0.2) is 35.7 Å². The van der Waals surface area contributed by atoms with Gasteiger partial charge in [0.25, 0.3) is 0 Å². The van der Waals surface area contributed by atoms with Crippen molar-refractivity contribution in [3.05, 3.63) is 57.3 Å². The van der Waals surface area contributed by atoms with Crippen molar-refractivity contribution in [1.82, 2.24) is 4.90 Å². The molecule has 98 valence electrons. The van der Waals surface area contributed by atoms with Crippen LogP contribution in [-0.2, 0) is 13.1 Å². The van der Waals surface area contributed by atoms with Crippen LogP contribution in [0, 0.1) is 18.3 Å². The van der Waals surface area contributed by atoms with Crippen LogP contribution in [0.5, 0.6) is 0 Å². The third-order valence-electron chi connectivity index (χ3n) is 3.27. The van der Waals surface area contributed by atoms with Crippen LogP contribution in [0.25, 0.3) is 0 Å². The highest BCUT2D eigenvalue weighted by atomic mass is 32.1. The fourth-order valence-corrected chi connectivity index (χ4v) is 2.83. The van der Waals surface area contributed by atoms with Crippen molar-refractivity contribution < 1.29 is 0 Å². The molecule has 0 amide bonds. The average molecular weight is 270 g/mol. The molecule has 3 heteroatoms. The van der Waals surface area contributed by atoms with Gasteiger partial charge in [-0.3, -0.25) is 4.90 Å². The monoisotopic (exact) mass is 270 g/mol. The molecule has 0 saturated carbocycles. The number of nitrogens with zero attached hydrogens (tertiary/aromatic N) is 2. The Balaban J connectivity index is 2.08. The molecule has 2 rings (SSSR count). The Hall–Kier alpha value is -1.63. The van der Waals surface area contributed by atoms with Crippen LogP contribution in [0.1, 0.15) is 28.5 Å². The maximum atomic E-state index is 8.89. The molecule has 0 unspecified atom stereocenters. The molecule has 1 aromatic heterocycles. The highest BCUT2D eigenvalue weighted by Gasteiger charge is 2.08. The number of thiophene rings is 1. The summed E-state index contributed by atoms with van der Waals surface area (Å²) in [6.07, 6.45) is 0. The zero-order valence-electron chi connectivity index (χ0n) is 11.4. The van der Waals surface area contributed by atoms with E-state index in [2.05, 4.69) is 48.4 Å². The molecule has 0 N–H and O–H groups in total. The van der Waals surface area contributed by atoms with Crippen molar-refractivity contribution in [3.8, 4) is 6.07 Å². The normalized spacial score (nSPS) is 10.6. The number of rotatable bonds is 5. The van der Waals surface area contributed by atoms with Crippen LogP contribution >= 0.6 is 11.3 Å². The second kappa shape index (κ2) is 6.51. The van der Waals surface area contributed by atoms with Gasteiger partial charge in [-0.05, 0) is 48.2 Å². The van der Waals surface area contributed by atoms with Crippen LogP contribution in [0.2, 0.25) is 0 Å². The number of nitriles is 1. The van der Waals surface area contributed by atoms with E-state index in [4.69, 9.17) is 5.26 Å². The Morgan fingerprint density at radius 2 is 2.11 bits per heavy atom.